The van der Waals surface area contributed by atoms with Gasteiger partial charge in [0.15, 0.2) is 0 Å². The molecule has 1 amide bonds. The normalized spacial score (nSPS) is 36.3. The number of ether oxygens (including phenoxy) is 1. The minimum Gasteiger partial charge on any atom is -0.481 e. The fourth-order valence-electron chi connectivity index (χ4n) is 13.3. The number of amides is 1. The molecule has 0 aromatic heterocycles. The summed E-state index contributed by atoms with van der Waals surface area (Å²) in [4.78, 5) is 49.0. The summed E-state index contributed by atoms with van der Waals surface area (Å²) in [6.45, 7) is 17.9. The van der Waals surface area contributed by atoms with Crippen LogP contribution < -0.4 is 5.32 Å². The van der Waals surface area contributed by atoms with Gasteiger partial charge in [-0.1, -0.05) is 98.6 Å². The molecule has 5 aliphatic rings. The maximum atomic E-state index is 14.5. The van der Waals surface area contributed by atoms with Crippen LogP contribution in [0.3, 0.4) is 0 Å². The Bertz CT molecular complexity index is 1420. The first-order valence-electron chi connectivity index (χ1n) is 21.9. The molecular formula is C46H75NO7. The van der Waals surface area contributed by atoms with Crippen molar-refractivity contribution >= 4 is 23.8 Å². The highest BCUT2D eigenvalue weighted by molar-refractivity contribution is 5.84. The van der Waals surface area contributed by atoms with Gasteiger partial charge in [-0.2, -0.15) is 0 Å². The highest BCUT2D eigenvalue weighted by Crippen LogP contribution is 2.76. The number of hydrogen-bond donors (Lipinski definition) is 3. The van der Waals surface area contributed by atoms with Crippen LogP contribution in [0.2, 0.25) is 0 Å². The molecule has 8 atom stereocenters. The molecule has 0 aliphatic heterocycles. The maximum Gasteiger partial charge on any atom is 0.306 e. The molecule has 5 rings (SSSR count). The van der Waals surface area contributed by atoms with Crippen LogP contribution in [0.25, 0.3) is 0 Å². The number of rotatable bonds is 17. The van der Waals surface area contributed by atoms with Crippen molar-refractivity contribution in [3.05, 3.63) is 11.6 Å². The van der Waals surface area contributed by atoms with Crippen molar-refractivity contribution in [2.24, 2.45) is 50.2 Å². The molecule has 4 saturated carbocycles. The summed E-state index contributed by atoms with van der Waals surface area (Å²) in [5.41, 5.74) is 1.58. The summed E-state index contributed by atoms with van der Waals surface area (Å²) in [5, 5.41) is 21.3. The van der Waals surface area contributed by atoms with Crippen molar-refractivity contribution in [2.45, 2.75) is 196 Å². The van der Waals surface area contributed by atoms with Crippen LogP contribution in [0.15, 0.2) is 11.6 Å². The number of carbonyl (C=O) groups excluding carboxylic acids is 2. The summed E-state index contributed by atoms with van der Waals surface area (Å²) in [6.07, 6.45) is 22.1. The van der Waals surface area contributed by atoms with E-state index in [2.05, 4.69) is 59.9 Å². The van der Waals surface area contributed by atoms with Crippen molar-refractivity contribution in [3.8, 4) is 0 Å². The van der Waals surface area contributed by atoms with Gasteiger partial charge in [-0.25, -0.2) is 0 Å². The molecule has 0 aromatic carbocycles. The lowest BCUT2D eigenvalue weighted by Crippen LogP contribution is -2.65. The predicted octanol–water partition coefficient (Wildman–Crippen LogP) is 10.7. The van der Waals surface area contributed by atoms with Gasteiger partial charge in [-0.15, -0.1) is 0 Å². The predicted molar refractivity (Wildman–Crippen MR) is 213 cm³/mol. The Hall–Kier alpha value is -2.38. The molecule has 8 heteroatoms. The first-order valence-corrected chi connectivity index (χ1v) is 21.9. The second kappa shape index (κ2) is 16.6. The van der Waals surface area contributed by atoms with Crippen LogP contribution in [0.4, 0.5) is 0 Å². The van der Waals surface area contributed by atoms with Crippen LogP contribution in [0.5, 0.6) is 0 Å². The van der Waals surface area contributed by atoms with Crippen LogP contribution in [-0.4, -0.2) is 46.7 Å². The van der Waals surface area contributed by atoms with Gasteiger partial charge in [0.2, 0.25) is 5.91 Å². The molecule has 0 bridgehead atoms. The fraction of sp³-hybridized carbons (Fsp3) is 0.870. The number of aliphatic carboxylic acids is 2. The van der Waals surface area contributed by atoms with Gasteiger partial charge in [-0.3, -0.25) is 19.2 Å². The maximum absolute atomic E-state index is 14.5. The van der Waals surface area contributed by atoms with Crippen LogP contribution >= 0.6 is 0 Å². The summed E-state index contributed by atoms with van der Waals surface area (Å²) < 4.78 is 6.14. The molecule has 0 radical (unpaired) electrons. The molecular weight excluding hydrogens is 679 g/mol. The molecule has 0 spiro atoms. The molecule has 3 N–H and O–H groups in total. The van der Waals surface area contributed by atoms with Gasteiger partial charge in [0.1, 0.15) is 6.10 Å². The SMILES string of the molecule is CC1(C)CC[C@]2(C(=O)NCCCCCCCCCCC(=O)O)CC[C@]3(C)C(=CCC4[C@@]5(C)CC[C@H](OC(=O)CCCC(=O)O)C(C)(C)C5CC[C@]43C)C2C1. The van der Waals surface area contributed by atoms with Gasteiger partial charge < -0.3 is 20.3 Å². The second-order valence-electron chi connectivity index (χ2n) is 20.7. The monoisotopic (exact) mass is 754 g/mol. The van der Waals surface area contributed by atoms with E-state index in [1.807, 2.05) is 0 Å². The Balaban J connectivity index is 1.25. The van der Waals surface area contributed by atoms with E-state index >= 15 is 0 Å². The standard InChI is InChI=1S/C46H75NO7/c1-41(2)26-28-46(40(53)47-30-15-13-11-9-8-10-12-14-17-37(48)49)29-27-44(6)32(33(46)31-41)20-21-35-43(5)24-23-36(54-39(52)19-16-18-38(50)51)42(3,4)34(43)22-25-45(35,44)7/h20,33-36H,8-19,21-31H2,1-7H3,(H,47,53)(H,48,49)(H,50,51)/t33?,34?,35?,36-,43-,44+,45+,46-/m0/s1. The van der Waals surface area contributed by atoms with Crippen LogP contribution in [-0.2, 0) is 23.9 Å². The zero-order chi connectivity index (χ0) is 39.6. The Morgan fingerprint density at radius 1 is 0.704 bits per heavy atom. The van der Waals surface area contributed by atoms with E-state index in [9.17, 15) is 19.2 Å². The first-order chi connectivity index (χ1) is 25.3. The fourth-order valence-corrected chi connectivity index (χ4v) is 13.3. The number of esters is 1. The molecule has 0 heterocycles. The molecule has 54 heavy (non-hydrogen) atoms. The molecule has 3 unspecified atom stereocenters. The summed E-state index contributed by atoms with van der Waals surface area (Å²) >= 11 is 0. The van der Waals surface area contributed by atoms with Gasteiger partial charge in [0, 0.05) is 31.2 Å². The molecule has 0 saturated heterocycles. The number of carbonyl (C=O) groups is 4. The van der Waals surface area contributed by atoms with Gasteiger partial charge in [0.05, 0.1) is 5.41 Å². The van der Waals surface area contributed by atoms with Crippen molar-refractivity contribution < 1.29 is 34.1 Å². The lowest BCUT2D eigenvalue weighted by atomic mass is 9.33. The average Bonchev–Trinajstić information content (AvgIpc) is 3.08. The van der Waals surface area contributed by atoms with E-state index in [-0.39, 0.29) is 69.7 Å². The van der Waals surface area contributed by atoms with Gasteiger partial charge in [0.25, 0.3) is 0 Å². The Kier molecular flexibility index (Phi) is 13.2. The van der Waals surface area contributed by atoms with Crippen molar-refractivity contribution in [2.75, 3.05) is 6.54 Å². The quantitative estimate of drug-likeness (QED) is 0.0766. The minimum absolute atomic E-state index is 0.00959. The van der Waals surface area contributed by atoms with E-state index in [0.29, 0.717) is 24.2 Å². The number of unbranched alkanes of at least 4 members (excludes halogenated alkanes) is 7. The van der Waals surface area contributed by atoms with E-state index in [1.165, 1.54) is 12.8 Å². The van der Waals surface area contributed by atoms with Crippen molar-refractivity contribution in [1.29, 1.82) is 0 Å². The zero-order valence-electron chi connectivity index (χ0n) is 35.1. The summed E-state index contributed by atoms with van der Waals surface area (Å²) in [7, 11) is 0. The lowest BCUT2D eigenvalue weighted by Gasteiger charge is -2.71. The summed E-state index contributed by atoms with van der Waals surface area (Å²) in [5.74, 6) is -0.322. The van der Waals surface area contributed by atoms with E-state index in [4.69, 9.17) is 14.9 Å². The Labute approximate surface area is 326 Å². The van der Waals surface area contributed by atoms with Gasteiger partial charge >= 0.3 is 17.9 Å². The minimum atomic E-state index is -0.877. The number of hydrogen-bond acceptors (Lipinski definition) is 5. The highest BCUT2D eigenvalue weighted by atomic mass is 16.5. The zero-order valence-corrected chi connectivity index (χ0v) is 35.1. The Morgan fingerprint density at radius 3 is 1.98 bits per heavy atom. The number of allylic oxidation sites excluding steroid dienone is 2. The third-order valence-electron chi connectivity index (χ3n) is 16.7. The molecule has 306 valence electrons. The van der Waals surface area contributed by atoms with Crippen LogP contribution in [0, 0.1) is 50.2 Å². The molecule has 4 fully saturated rings. The average molecular weight is 754 g/mol. The smallest absolute Gasteiger partial charge is 0.306 e. The topological polar surface area (TPSA) is 130 Å². The number of nitrogens with one attached hydrogen (secondary N) is 1. The van der Waals surface area contributed by atoms with Crippen molar-refractivity contribution in [1.82, 2.24) is 5.32 Å². The molecule has 5 aliphatic carbocycles. The molecule has 8 nitrogen and oxygen atoms in total. The third-order valence-corrected chi connectivity index (χ3v) is 16.7. The van der Waals surface area contributed by atoms with Gasteiger partial charge in [-0.05, 0) is 123 Å². The highest BCUT2D eigenvalue weighted by Gasteiger charge is 2.69. The largest absolute Gasteiger partial charge is 0.481 e. The molecule has 0 aromatic rings. The third kappa shape index (κ3) is 8.34. The van der Waals surface area contributed by atoms with Crippen molar-refractivity contribution in [3.63, 3.8) is 0 Å². The Morgan fingerprint density at radius 2 is 1.31 bits per heavy atom. The number of carboxylic acid groups (broad SMARTS) is 2. The number of carboxylic acids is 2. The van der Waals surface area contributed by atoms with Crippen LogP contribution in [0.1, 0.15) is 190 Å². The lowest BCUT2D eigenvalue weighted by molar-refractivity contribution is -0.213. The second-order valence-corrected chi connectivity index (χ2v) is 20.7. The summed E-state index contributed by atoms with van der Waals surface area (Å²) in [6, 6.07) is 0. The number of fused-ring (bicyclic) bond motifs is 7. The van der Waals surface area contributed by atoms with E-state index in [0.717, 1.165) is 109 Å². The van der Waals surface area contributed by atoms with E-state index < -0.39 is 11.9 Å². The van der Waals surface area contributed by atoms with E-state index in [1.54, 1.807) is 5.57 Å². The first kappa shape index (κ1) is 42.8.